The third-order valence-corrected chi connectivity index (χ3v) is 6.18. The van der Waals surface area contributed by atoms with E-state index in [-0.39, 0.29) is 22.8 Å². The predicted octanol–water partition coefficient (Wildman–Crippen LogP) is 3.58. The Balaban J connectivity index is 1.92. The Kier molecular flexibility index (Phi) is 2.19. The molecule has 1 aromatic rings. The highest BCUT2D eigenvalue weighted by Gasteiger charge is 2.76. The molecule has 1 aromatic carbocycles. The molecule has 1 amide bonds. The Bertz CT molecular complexity index is 614. The third kappa shape index (κ3) is 1.25. The highest BCUT2D eigenvalue weighted by Crippen LogP contribution is 2.63. The first-order chi connectivity index (χ1) is 9.82. The highest BCUT2D eigenvalue weighted by molar-refractivity contribution is 5.78. The van der Waals surface area contributed by atoms with Gasteiger partial charge in [0.25, 0.3) is 0 Å². The Hall–Kier alpha value is -1.71. The molecule has 4 heteroatoms. The van der Waals surface area contributed by atoms with Crippen LogP contribution in [0, 0.1) is 5.92 Å². The largest absolute Gasteiger partial charge is 0.439 e. The molecule has 1 aliphatic carbocycles. The summed E-state index contributed by atoms with van der Waals surface area (Å²) in [5.74, 6) is 0.404. The molecule has 3 aliphatic rings. The maximum absolute atomic E-state index is 12.6. The number of carbonyl (C=O) groups excluding carboxylic acids is 1. The molecule has 2 aliphatic heterocycles. The normalized spacial score (nSPS) is 39.6. The minimum atomic E-state index is -0.379. The van der Waals surface area contributed by atoms with E-state index in [0.717, 1.165) is 18.5 Å². The molecule has 0 spiro atoms. The first kappa shape index (κ1) is 13.0. The lowest BCUT2D eigenvalue weighted by Crippen LogP contribution is -2.54. The zero-order chi connectivity index (χ0) is 15.0. The number of para-hydroxylation sites is 1. The quantitative estimate of drug-likeness (QED) is 0.791. The van der Waals surface area contributed by atoms with Gasteiger partial charge in [-0.05, 0) is 52.7 Å². The van der Waals surface area contributed by atoms with Gasteiger partial charge in [-0.3, -0.25) is 5.01 Å². The van der Waals surface area contributed by atoms with E-state index in [2.05, 4.69) is 44.8 Å². The van der Waals surface area contributed by atoms with E-state index in [1.165, 1.54) is 0 Å². The molecular formula is C17H22N2O2. The lowest BCUT2D eigenvalue weighted by atomic mass is 9.74. The number of hydrazine groups is 1. The van der Waals surface area contributed by atoms with Crippen LogP contribution in [-0.4, -0.2) is 27.8 Å². The van der Waals surface area contributed by atoms with Crippen LogP contribution in [0.4, 0.5) is 10.5 Å². The predicted molar refractivity (Wildman–Crippen MR) is 80.9 cm³/mol. The first-order valence-electron chi connectivity index (χ1n) is 7.71. The smallest absolute Gasteiger partial charge is 0.430 e. The number of hydrogen-bond donors (Lipinski definition) is 0. The lowest BCUT2D eigenvalue weighted by Gasteiger charge is -2.39. The number of ether oxygens (including phenoxy) is 1. The number of hydrogen-bond acceptors (Lipinski definition) is 3. The van der Waals surface area contributed by atoms with Gasteiger partial charge in [0.15, 0.2) is 0 Å². The van der Waals surface area contributed by atoms with Gasteiger partial charge < -0.3 is 4.74 Å². The van der Waals surface area contributed by atoms with Gasteiger partial charge in [-0.25, -0.2) is 9.80 Å². The minimum Gasteiger partial charge on any atom is -0.439 e. The van der Waals surface area contributed by atoms with Crippen LogP contribution in [0.5, 0.6) is 0 Å². The van der Waals surface area contributed by atoms with Crippen molar-refractivity contribution >= 4 is 11.8 Å². The molecule has 1 saturated carbocycles. The van der Waals surface area contributed by atoms with E-state index in [1.807, 2.05) is 23.2 Å². The Morgan fingerprint density at radius 3 is 2.43 bits per heavy atom. The van der Waals surface area contributed by atoms with Crippen molar-refractivity contribution in [3.05, 3.63) is 30.3 Å². The Morgan fingerprint density at radius 2 is 1.76 bits per heavy atom. The summed E-state index contributed by atoms with van der Waals surface area (Å²) >= 11 is 0. The molecule has 2 saturated heterocycles. The van der Waals surface area contributed by atoms with Crippen LogP contribution in [0.25, 0.3) is 0 Å². The summed E-state index contributed by atoms with van der Waals surface area (Å²) in [6.45, 7) is 8.77. The molecule has 4 nitrogen and oxygen atoms in total. The molecule has 0 aromatic heterocycles. The van der Waals surface area contributed by atoms with E-state index in [1.54, 1.807) is 0 Å². The van der Waals surface area contributed by atoms with E-state index in [9.17, 15) is 4.79 Å². The fraction of sp³-hybridized carbons (Fsp3) is 0.588. The molecule has 112 valence electrons. The van der Waals surface area contributed by atoms with Crippen molar-refractivity contribution in [2.75, 3.05) is 5.01 Å². The van der Waals surface area contributed by atoms with Gasteiger partial charge in [-0.1, -0.05) is 18.2 Å². The summed E-state index contributed by atoms with van der Waals surface area (Å²) < 4.78 is 5.80. The van der Waals surface area contributed by atoms with Crippen LogP contribution in [-0.2, 0) is 4.74 Å². The van der Waals surface area contributed by atoms with Crippen molar-refractivity contribution in [2.45, 2.75) is 57.2 Å². The molecule has 0 radical (unpaired) electrons. The van der Waals surface area contributed by atoms with Crippen LogP contribution in [0.15, 0.2) is 30.3 Å². The average molecular weight is 286 g/mol. The molecule has 0 unspecified atom stereocenters. The van der Waals surface area contributed by atoms with Crippen molar-refractivity contribution in [1.29, 1.82) is 0 Å². The van der Waals surface area contributed by atoms with E-state index in [0.29, 0.717) is 5.92 Å². The van der Waals surface area contributed by atoms with Gasteiger partial charge in [0, 0.05) is 5.92 Å². The van der Waals surface area contributed by atoms with Crippen molar-refractivity contribution in [1.82, 2.24) is 5.01 Å². The molecule has 0 N–H and O–H groups in total. The van der Waals surface area contributed by atoms with Crippen molar-refractivity contribution in [3.63, 3.8) is 0 Å². The van der Waals surface area contributed by atoms with Gasteiger partial charge in [0.2, 0.25) is 0 Å². The summed E-state index contributed by atoms with van der Waals surface area (Å²) in [6.07, 6.45) is 1.83. The monoisotopic (exact) mass is 286 g/mol. The van der Waals surface area contributed by atoms with Crippen LogP contribution in [0.3, 0.4) is 0 Å². The second kappa shape index (κ2) is 3.54. The van der Waals surface area contributed by atoms with Crippen LogP contribution < -0.4 is 5.01 Å². The number of amides is 1. The number of rotatable bonds is 1. The Morgan fingerprint density at radius 1 is 1.10 bits per heavy atom. The topological polar surface area (TPSA) is 32.8 Å². The van der Waals surface area contributed by atoms with E-state index >= 15 is 0 Å². The summed E-state index contributed by atoms with van der Waals surface area (Å²) in [7, 11) is 0. The molecule has 21 heavy (non-hydrogen) atoms. The number of benzene rings is 1. The second-order valence-electron chi connectivity index (χ2n) is 7.45. The summed E-state index contributed by atoms with van der Waals surface area (Å²) in [5, 5.41) is 4.05. The van der Waals surface area contributed by atoms with Gasteiger partial charge in [0.1, 0.15) is 11.1 Å². The molecule has 3 atom stereocenters. The SMILES string of the molecule is CC1(C)[C@@H]2CC[C@@]3(C)OC(=O)N(N1c1ccccc1)[C@]23C. The maximum Gasteiger partial charge on any atom is 0.430 e. The minimum absolute atomic E-state index is 0.104. The van der Waals surface area contributed by atoms with Gasteiger partial charge in [-0.2, -0.15) is 0 Å². The third-order valence-electron chi connectivity index (χ3n) is 6.18. The number of anilines is 1. The van der Waals surface area contributed by atoms with Crippen LogP contribution >= 0.6 is 0 Å². The number of carbonyl (C=O) groups is 1. The average Bonchev–Trinajstić information content (AvgIpc) is 2.87. The first-order valence-corrected chi connectivity index (χ1v) is 7.71. The fourth-order valence-electron chi connectivity index (χ4n) is 5.03. The molecule has 4 rings (SSSR count). The lowest BCUT2D eigenvalue weighted by molar-refractivity contribution is 0.0271. The zero-order valence-electron chi connectivity index (χ0n) is 13.1. The molecular weight excluding hydrogens is 264 g/mol. The van der Waals surface area contributed by atoms with Crippen molar-refractivity contribution in [2.24, 2.45) is 5.92 Å². The summed E-state index contributed by atoms with van der Waals surface area (Å²) in [4.78, 5) is 12.6. The van der Waals surface area contributed by atoms with Gasteiger partial charge in [0.05, 0.1) is 11.2 Å². The summed E-state index contributed by atoms with van der Waals surface area (Å²) in [5.41, 5.74) is 0.311. The molecule has 3 fully saturated rings. The molecule has 0 bridgehead atoms. The fourth-order valence-corrected chi connectivity index (χ4v) is 5.03. The zero-order valence-corrected chi connectivity index (χ0v) is 13.1. The molecule has 2 heterocycles. The van der Waals surface area contributed by atoms with Crippen LogP contribution in [0.2, 0.25) is 0 Å². The van der Waals surface area contributed by atoms with Crippen molar-refractivity contribution in [3.8, 4) is 0 Å². The highest BCUT2D eigenvalue weighted by atomic mass is 16.6. The van der Waals surface area contributed by atoms with Gasteiger partial charge >= 0.3 is 6.09 Å². The van der Waals surface area contributed by atoms with E-state index < -0.39 is 0 Å². The van der Waals surface area contributed by atoms with Crippen molar-refractivity contribution < 1.29 is 9.53 Å². The standard InChI is InChI=1S/C17H22N2O2/c1-15(2)13-10-11-16(3)17(13,4)19(14(20)21-16)18(15)12-8-6-5-7-9-12/h5-9,13H,10-11H2,1-4H3/t13-,16+,17+/m0/s1. The second-order valence-corrected chi connectivity index (χ2v) is 7.45. The van der Waals surface area contributed by atoms with E-state index in [4.69, 9.17) is 4.74 Å². The van der Waals surface area contributed by atoms with Gasteiger partial charge in [-0.15, -0.1) is 0 Å². The Labute approximate surface area is 125 Å². The number of nitrogens with zero attached hydrogens (tertiary/aromatic N) is 2. The maximum atomic E-state index is 12.6. The summed E-state index contributed by atoms with van der Waals surface area (Å²) in [6, 6.07) is 10.2. The van der Waals surface area contributed by atoms with Crippen LogP contribution in [0.1, 0.15) is 40.5 Å².